The first kappa shape index (κ1) is 13.0. The van der Waals surface area contributed by atoms with Gasteiger partial charge in [-0.3, -0.25) is 0 Å². The van der Waals surface area contributed by atoms with Gasteiger partial charge in [0, 0.05) is 31.9 Å². The van der Waals surface area contributed by atoms with Crippen molar-refractivity contribution in [3.8, 4) is 6.07 Å². The molecule has 1 aliphatic rings. The number of nitrogens with zero attached hydrogens (tertiary/aromatic N) is 3. The zero-order chi connectivity index (χ0) is 13.2. The van der Waals surface area contributed by atoms with Crippen LogP contribution in [-0.2, 0) is 10.0 Å². The Morgan fingerprint density at radius 2 is 2.39 bits per heavy atom. The van der Waals surface area contributed by atoms with Gasteiger partial charge in [0.05, 0.1) is 11.6 Å². The number of nitriles is 1. The minimum absolute atomic E-state index is 0.0596. The van der Waals surface area contributed by atoms with Crippen molar-refractivity contribution < 1.29 is 8.42 Å². The number of sulfonamides is 1. The third-order valence-electron chi connectivity index (χ3n) is 2.80. The van der Waals surface area contributed by atoms with E-state index in [1.807, 2.05) is 13.0 Å². The minimum Gasteiger partial charge on any atom is -0.312 e. The molecule has 2 rings (SSSR count). The van der Waals surface area contributed by atoms with Crippen LogP contribution in [-0.4, -0.2) is 43.4 Å². The fraction of sp³-hybridized carbons (Fsp3) is 0.455. The van der Waals surface area contributed by atoms with E-state index in [0.717, 1.165) is 0 Å². The summed E-state index contributed by atoms with van der Waals surface area (Å²) in [7, 11) is -3.60. The lowest BCUT2D eigenvalue weighted by atomic mass is 10.3. The first-order valence-corrected chi connectivity index (χ1v) is 7.08. The van der Waals surface area contributed by atoms with Crippen LogP contribution in [0.1, 0.15) is 12.5 Å². The summed E-state index contributed by atoms with van der Waals surface area (Å²) in [5.74, 6) is 0. The van der Waals surface area contributed by atoms with Gasteiger partial charge in [-0.15, -0.1) is 0 Å². The summed E-state index contributed by atoms with van der Waals surface area (Å²) < 4.78 is 26.1. The maximum Gasteiger partial charge on any atom is 0.260 e. The van der Waals surface area contributed by atoms with Crippen LogP contribution in [0, 0.1) is 11.3 Å². The Balaban J connectivity index is 2.33. The van der Waals surface area contributed by atoms with Crippen LogP contribution < -0.4 is 5.32 Å². The average molecular weight is 266 g/mol. The molecule has 1 aromatic rings. The topological polar surface area (TPSA) is 86.1 Å². The number of hydrogen-bond donors (Lipinski definition) is 1. The normalized spacial score (nSPS) is 21.4. The highest BCUT2D eigenvalue weighted by Gasteiger charge is 2.29. The second-order valence-electron chi connectivity index (χ2n) is 4.21. The molecule has 0 saturated carbocycles. The molecule has 1 fully saturated rings. The van der Waals surface area contributed by atoms with Crippen LogP contribution in [0.15, 0.2) is 23.4 Å². The summed E-state index contributed by atoms with van der Waals surface area (Å²) >= 11 is 0. The average Bonchev–Trinajstić information content (AvgIpc) is 2.39. The summed E-state index contributed by atoms with van der Waals surface area (Å²) in [6.45, 7) is 3.39. The molecule has 1 N–H and O–H groups in total. The van der Waals surface area contributed by atoms with Crippen molar-refractivity contribution in [1.82, 2.24) is 14.6 Å². The van der Waals surface area contributed by atoms with Gasteiger partial charge in [-0.05, 0) is 19.1 Å². The van der Waals surface area contributed by atoms with Crippen LogP contribution in [0.5, 0.6) is 0 Å². The quantitative estimate of drug-likeness (QED) is 0.810. The van der Waals surface area contributed by atoms with Gasteiger partial charge in [0.25, 0.3) is 10.0 Å². The van der Waals surface area contributed by atoms with Gasteiger partial charge < -0.3 is 5.32 Å². The van der Waals surface area contributed by atoms with Crippen molar-refractivity contribution in [1.29, 1.82) is 5.26 Å². The Morgan fingerprint density at radius 1 is 1.61 bits per heavy atom. The smallest absolute Gasteiger partial charge is 0.260 e. The van der Waals surface area contributed by atoms with E-state index in [2.05, 4.69) is 10.3 Å². The predicted octanol–water partition coefficient (Wildman–Crippen LogP) is -0.0643. The fourth-order valence-corrected chi connectivity index (χ4v) is 3.35. The van der Waals surface area contributed by atoms with Crippen molar-refractivity contribution in [3.63, 3.8) is 0 Å². The highest BCUT2D eigenvalue weighted by atomic mass is 32.2. The number of rotatable bonds is 2. The molecule has 0 aromatic carbocycles. The Hall–Kier alpha value is -1.49. The summed E-state index contributed by atoms with van der Waals surface area (Å²) in [4.78, 5) is 3.86. The third-order valence-corrected chi connectivity index (χ3v) is 4.56. The molecule has 1 aliphatic heterocycles. The number of aromatic nitrogens is 1. The van der Waals surface area contributed by atoms with Crippen LogP contribution in [0.25, 0.3) is 0 Å². The zero-order valence-corrected chi connectivity index (χ0v) is 10.8. The van der Waals surface area contributed by atoms with Crippen LogP contribution in [0.4, 0.5) is 0 Å². The van der Waals surface area contributed by atoms with E-state index >= 15 is 0 Å². The van der Waals surface area contributed by atoms with Crippen molar-refractivity contribution in [2.75, 3.05) is 19.6 Å². The van der Waals surface area contributed by atoms with E-state index in [0.29, 0.717) is 25.2 Å². The molecule has 0 aliphatic carbocycles. The number of nitrogens with one attached hydrogen (secondary N) is 1. The van der Waals surface area contributed by atoms with E-state index in [-0.39, 0.29) is 11.1 Å². The lowest BCUT2D eigenvalue weighted by Crippen LogP contribution is -2.51. The molecule has 0 spiro atoms. The van der Waals surface area contributed by atoms with Crippen LogP contribution in [0.2, 0.25) is 0 Å². The molecule has 0 amide bonds. The van der Waals surface area contributed by atoms with Gasteiger partial charge in [0.15, 0.2) is 5.03 Å². The first-order chi connectivity index (χ1) is 8.54. The molecule has 96 valence electrons. The second kappa shape index (κ2) is 5.02. The maximum absolute atomic E-state index is 12.3. The van der Waals surface area contributed by atoms with Gasteiger partial charge in [0.1, 0.15) is 0 Å². The minimum atomic E-state index is -3.60. The van der Waals surface area contributed by atoms with Gasteiger partial charge in [0.2, 0.25) is 0 Å². The van der Waals surface area contributed by atoms with E-state index in [4.69, 9.17) is 5.26 Å². The summed E-state index contributed by atoms with van der Waals surface area (Å²) in [6, 6.07) is 4.83. The molecule has 7 heteroatoms. The van der Waals surface area contributed by atoms with Crippen molar-refractivity contribution in [3.05, 3.63) is 23.9 Å². The Bertz CT molecular complexity index is 579. The van der Waals surface area contributed by atoms with Crippen LogP contribution >= 0.6 is 0 Å². The lowest BCUT2D eigenvalue weighted by Gasteiger charge is -2.30. The fourth-order valence-electron chi connectivity index (χ4n) is 1.87. The first-order valence-electron chi connectivity index (χ1n) is 5.64. The number of hydrogen-bond acceptors (Lipinski definition) is 5. The Labute approximate surface area is 106 Å². The Morgan fingerprint density at radius 3 is 3.06 bits per heavy atom. The molecule has 0 unspecified atom stereocenters. The third kappa shape index (κ3) is 2.51. The van der Waals surface area contributed by atoms with Gasteiger partial charge in [-0.1, -0.05) is 0 Å². The summed E-state index contributed by atoms with van der Waals surface area (Å²) in [6.07, 6.45) is 1.34. The van der Waals surface area contributed by atoms with E-state index in [1.165, 1.54) is 22.6 Å². The largest absolute Gasteiger partial charge is 0.312 e. The molecular formula is C11H14N4O2S. The molecule has 0 bridgehead atoms. The number of pyridine rings is 1. The highest BCUT2D eigenvalue weighted by Crippen LogP contribution is 2.15. The lowest BCUT2D eigenvalue weighted by molar-refractivity contribution is 0.309. The van der Waals surface area contributed by atoms with Crippen molar-refractivity contribution >= 4 is 10.0 Å². The molecule has 0 radical (unpaired) electrons. The van der Waals surface area contributed by atoms with E-state index in [9.17, 15) is 8.42 Å². The van der Waals surface area contributed by atoms with E-state index in [1.54, 1.807) is 0 Å². The zero-order valence-electron chi connectivity index (χ0n) is 10.00. The number of piperazine rings is 1. The van der Waals surface area contributed by atoms with Gasteiger partial charge in [-0.2, -0.15) is 9.57 Å². The molecule has 2 heterocycles. The van der Waals surface area contributed by atoms with E-state index < -0.39 is 10.0 Å². The predicted molar refractivity (Wildman–Crippen MR) is 65.2 cm³/mol. The second-order valence-corrected chi connectivity index (χ2v) is 6.10. The molecular weight excluding hydrogens is 252 g/mol. The molecule has 1 aromatic heterocycles. The van der Waals surface area contributed by atoms with Gasteiger partial charge >= 0.3 is 0 Å². The standard InChI is InChI=1S/C11H14N4O2S/c1-9-8-15(5-4-13-9)18(16,17)11-6-10(7-12)2-3-14-11/h2-3,6,9,13H,4-5,8H2,1H3/t9-/m1/s1. The van der Waals surface area contributed by atoms with Crippen molar-refractivity contribution in [2.45, 2.75) is 18.0 Å². The Kier molecular flexibility index (Phi) is 3.61. The maximum atomic E-state index is 12.3. The molecule has 1 saturated heterocycles. The monoisotopic (exact) mass is 266 g/mol. The SMILES string of the molecule is C[C@@H]1CN(S(=O)(=O)c2cc(C#N)ccn2)CCN1. The molecule has 6 nitrogen and oxygen atoms in total. The molecule has 1 atom stereocenters. The summed E-state index contributed by atoms with van der Waals surface area (Å²) in [5.41, 5.74) is 0.298. The van der Waals surface area contributed by atoms with Crippen LogP contribution in [0.3, 0.4) is 0 Å². The van der Waals surface area contributed by atoms with Crippen molar-refractivity contribution in [2.24, 2.45) is 0 Å². The van der Waals surface area contributed by atoms with Gasteiger partial charge in [-0.25, -0.2) is 13.4 Å². The molecule has 18 heavy (non-hydrogen) atoms. The highest BCUT2D eigenvalue weighted by molar-refractivity contribution is 7.89. The summed E-state index contributed by atoms with van der Waals surface area (Å²) in [5, 5.41) is 11.9.